The second-order valence-corrected chi connectivity index (χ2v) is 3.02. The Morgan fingerprint density at radius 1 is 0.923 bits per heavy atom. The van der Waals surface area contributed by atoms with Crippen LogP contribution >= 0.6 is 0 Å². The summed E-state index contributed by atoms with van der Waals surface area (Å²) in [6, 6.07) is 8.74. The van der Waals surface area contributed by atoms with E-state index in [1.807, 2.05) is 13.8 Å². The van der Waals surface area contributed by atoms with Crippen molar-refractivity contribution in [2.24, 2.45) is 0 Å². The third-order valence-corrected chi connectivity index (χ3v) is 2.26. The molecule has 1 aromatic rings. The van der Waals surface area contributed by atoms with Crippen LogP contribution in [-0.2, 0) is 12.8 Å². The molecule has 72 valence electrons. The molecule has 0 saturated heterocycles. The Labute approximate surface area is 81.2 Å². The summed E-state index contributed by atoms with van der Waals surface area (Å²) in [5.41, 5.74) is 3.05. The highest BCUT2D eigenvalue weighted by atomic mass is 14.8. The summed E-state index contributed by atoms with van der Waals surface area (Å²) in [4.78, 5) is 0. The zero-order valence-electron chi connectivity index (χ0n) is 8.64. The fourth-order valence-electron chi connectivity index (χ4n) is 1.62. The van der Waals surface area contributed by atoms with Gasteiger partial charge in [0.15, 0.2) is 0 Å². The Morgan fingerprint density at radius 2 is 1.38 bits per heavy atom. The molecule has 13 heavy (non-hydrogen) atoms. The second-order valence-electron chi connectivity index (χ2n) is 3.02. The van der Waals surface area contributed by atoms with Crippen LogP contribution < -0.4 is 5.32 Å². The van der Waals surface area contributed by atoms with Gasteiger partial charge in [-0.05, 0) is 37.1 Å². The molecule has 0 fully saturated rings. The largest absolute Gasteiger partial charge is 0.316 e. The molecule has 1 nitrogen and oxygen atoms in total. The molecule has 0 aliphatic carbocycles. The van der Waals surface area contributed by atoms with E-state index in [4.69, 9.17) is 0 Å². The Bertz CT molecular complexity index is 218. The molecule has 0 amide bonds. The van der Waals surface area contributed by atoms with E-state index >= 15 is 0 Å². The van der Waals surface area contributed by atoms with Gasteiger partial charge in [0.25, 0.3) is 0 Å². The van der Waals surface area contributed by atoms with E-state index in [9.17, 15) is 0 Å². The van der Waals surface area contributed by atoms with Gasteiger partial charge in [-0.1, -0.05) is 38.1 Å². The fourth-order valence-corrected chi connectivity index (χ4v) is 1.62. The van der Waals surface area contributed by atoms with Gasteiger partial charge < -0.3 is 5.32 Å². The minimum Gasteiger partial charge on any atom is -0.316 e. The van der Waals surface area contributed by atoms with Crippen molar-refractivity contribution >= 4 is 0 Å². The van der Waals surface area contributed by atoms with Crippen molar-refractivity contribution in [3.8, 4) is 0 Å². The van der Waals surface area contributed by atoms with E-state index in [0.29, 0.717) is 0 Å². The summed E-state index contributed by atoms with van der Waals surface area (Å²) in [5, 5.41) is 3.39. The van der Waals surface area contributed by atoms with Crippen LogP contribution in [0.2, 0.25) is 0 Å². The monoisotopic (exact) mass is 177 g/mol. The maximum atomic E-state index is 3.39. The molecule has 0 bridgehead atoms. The number of hydrogen-bond acceptors (Lipinski definition) is 1. The summed E-state index contributed by atoms with van der Waals surface area (Å²) >= 11 is 0. The number of nitrogens with one attached hydrogen (secondary N) is 1. The van der Waals surface area contributed by atoms with Gasteiger partial charge in [-0.15, -0.1) is 0 Å². The van der Waals surface area contributed by atoms with E-state index in [-0.39, 0.29) is 0 Å². The van der Waals surface area contributed by atoms with Gasteiger partial charge >= 0.3 is 0 Å². The normalized spacial score (nSPS) is 14.9. The van der Waals surface area contributed by atoms with Crippen molar-refractivity contribution < 1.29 is 0 Å². The molecule has 0 spiro atoms. The van der Waals surface area contributed by atoms with Gasteiger partial charge in [0, 0.05) is 0 Å². The van der Waals surface area contributed by atoms with Crippen molar-refractivity contribution in [1.29, 1.82) is 0 Å². The first-order chi connectivity index (χ1) is 6.47. The zero-order chi connectivity index (χ0) is 9.52. The van der Waals surface area contributed by atoms with Crippen LogP contribution in [0.25, 0.3) is 0 Å². The molecule has 0 radical (unpaired) electrons. The highest BCUT2D eigenvalue weighted by Gasteiger charge is 2.04. The Balaban J connectivity index is 0.000000396. The molecule has 1 heteroatoms. The van der Waals surface area contributed by atoms with E-state index in [1.165, 1.54) is 24.0 Å². The van der Waals surface area contributed by atoms with Crippen molar-refractivity contribution in [2.45, 2.75) is 26.7 Å². The molecule has 0 atom stereocenters. The minimum atomic E-state index is 1.14. The molecule has 1 heterocycles. The van der Waals surface area contributed by atoms with Crippen LogP contribution in [0.15, 0.2) is 24.3 Å². The maximum absolute atomic E-state index is 3.39. The van der Waals surface area contributed by atoms with Gasteiger partial charge in [-0.25, -0.2) is 0 Å². The van der Waals surface area contributed by atoms with Gasteiger partial charge in [0.2, 0.25) is 0 Å². The fraction of sp³-hybridized carbons (Fsp3) is 0.500. The molecule has 1 aliphatic rings. The zero-order valence-corrected chi connectivity index (χ0v) is 8.64. The maximum Gasteiger partial charge on any atom is -0.000812 e. The summed E-state index contributed by atoms with van der Waals surface area (Å²) in [5.74, 6) is 0. The van der Waals surface area contributed by atoms with Crippen molar-refractivity contribution in [1.82, 2.24) is 5.32 Å². The van der Waals surface area contributed by atoms with E-state index in [0.717, 1.165) is 13.1 Å². The molecular weight excluding hydrogens is 158 g/mol. The molecule has 0 saturated carbocycles. The third-order valence-electron chi connectivity index (χ3n) is 2.26. The SMILES string of the molecule is CC.c1ccc2c(c1)CCNCC2. The van der Waals surface area contributed by atoms with Crippen LogP contribution in [-0.4, -0.2) is 13.1 Å². The van der Waals surface area contributed by atoms with E-state index in [1.54, 1.807) is 0 Å². The highest BCUT2D eigenvalue weighted by molar-refractivity contribution is 5.28. The standard InChI is InChI=1S/C10H13N.C2H6/c1-2-4-10-6-8-11-7-5-9(10)3-1;1-2/h1-4,11H,5-8H2;1-2H3. The first kappa shape index (κ1) is 10.3. The molecule has 1 aliphatic heterocycles. The Kier molecular flexibility index (Phi) is 4.55. The summed E-state index contributed by atoms with van der Waals surface area (Å²) in [7, 11) is 0. The van der Waals surface area contributed by atoms with Crippen LogP contribution in [0.5, 0.6) is 0 Å². The van der Waals surface area contributed by atoms with Crippen LogP contribution in [0, 0.1) is 0 Å². The molecular formula is C12H19N. The molecule has 0 unspecified atom stereocenters. The molecule has 2 rings (SSSR count). The van der Waals surface area contributed by atoms with E-state index in [2.05, 4.69) is 29.6 Å². The summed E-state index contributed by atoms with van der Waals surface area (Å²) in [6.07, 6.45) is 2.38. The lowest BCUT2D eigenvalue weighted by Crippen LogP contribution is -2.16. The van der Waals surface area contributed by atoms with Gasteiger partial charge in [0.05, 0.1) is 0 Å². The number of rotatable bonds is 0. The lowest BCUT2D eigenvalue weighted by atomic mass is 10.0. The molecule has 1 aromatic carbocycles. The number of benzene rings is 1. The average molecular weight is 177 g/mol. The topological polar surface area (TPSA) is 12.0 Å². The predicted octanol–water partition coefficient (Wildman–Crippen LogP) is 2.40. The van der Waals surface area contributed by atoms with E-state index < -0.39 is 0 Å². The summed E-state index contributed by atoms with van der Waals surface area (Å²) in [6.45, 7) is 6.27. The van der Waals surface area contributed by atoms with Crippen molar-refractivity contribution in [2.75, 3.05) is 13.1 Å². The van der Waals surface area contributed by atoms with Gasteiger partial charge in [-0.3, -0.25) is 0 Å². The lowest BCUT2D eigenvalue weighted by molar-refractivity contribution is 0.711. The Morgan fingerprint density at radius 3 is 1.85 bits per heavy atom. The van der Waals surface area contributed by atoms with Crippen LogP contribution in [0.3, 0.4) is 0 Å². The lowest BCUT2D eigenvalue weighted by Gasteiger charge is -2.01. The smallest absolute Gasteiger partial charge is 0.000812 e. The average Bonchev–Trinajstić information content (AvgIpc) is 2.45. The van der Waals surface area contributed by atoms with Crippen molar-refractivity contribution in [3.05, 3.63) is 35.4 Å². The molecule has 0 aromatic heterocycles. The molecule has 1 N–H and O–H groups in total. The minimum absolute atomic E-state index is 1.14. The number of fused-ring (bicyclic) bond motifs is 1. The van der Waals surface area contributed by atoms with Crippen molar-refractivity contribution in [3.63, 3.8) is 0 Å². The Hall–Kier alpha value is -0.820. The number of hydrogen-bond donors (Lipinski definition) is 1. The van der Waals surface area contributed by atoms with Crippen LogP contribution in [0.1, 0.15) is 25.0 Å². The summed E-state index contributed by atoms with van der Waals surface area (Å²) < 4.78 is 0. The van der Waals surface area contributed by atoms with Gasteiger partial charge in [-0.2, -0.15) is 0 Å². The third kappa shape index (κ3) is 2.85. The first-order valence-corrected chi connectivity index (χ1v) is 5.24. The predicted molar refractivity (Wildman–Crippen MR) is 58.1 cm³/mol. The first-order valence-electron chi connectivity index (χ1n) is 5.24. The quantitative estimate of drug-likeness (QED) is 0.641. The van der Waals surface area contributed by atoms with Gasteiger partial charge in [0.1, 0.15) is 0 Å². The highest BCUT2D eigenvalue weighted by Crippen LogP contribution is 2.11. The second kappa shape index (κ2) is 5.76. The van der Waals surface area contributed by atoms with Crippen LogP contribution in [0.4, 0.5) is 0 Å².